The number of ketones is 1. The number of benzene rings is 2. The Morgan fingerprint density at radius 1 is 0.806 bits per heavy atom. The van der Waals surface area contributed by atoms with Crippen molar-refractivity contribution in [3.05, 3.63) is 65.7 Å². The van der Waals surface area contributed by atoms with Crippen molar-refractivity contribution in [3.8, 4) is 5.75 Å². The maximum Gasteiger partial charge on any atom is 0.315 e. The average Bonchev–Trinajstić information content (AvgIpc) is 2.88. The summed E-state index contributed by atoms with van der Waals surface area (Å²) in [6.45, 7) is 6.04. The predicted molar refractivity (Wildman–Crippen MR) is 137 cm³/mol. The van der Waals surface area contributed by atoms with Crippen molar-refractivity contribution in [3.63, 3.8) is 0 Å². The van der Waals surface area contributed by atoms with Crippen molar-refractivity contribution in [1.82, 2.24) is 21.3 Å². The molecular weight excluding hydrogens is 460 g/mol. The summed E-state index contributed by atoms with van der Waals surface area (Å²) in [7, 11) is 1.56. The fourth-order valence-corrected chi connectivity index (χ4v) is 3.49. The van der Waals surface area contributed by atoms with Crippen molar-refractivity contribution in [2.24, 2.45) is 5.92 Å². The number of rotatable bonds is 13. The van der Waals surface area contributed by atoms with Crippen LogP contribution in [0.3, 0.4) is 0 Å². The lowest BCUT2D eigenvalue weighted by Crippen LogP contribution is -2.55. The maximum absolute atomic E-state index is 13.0. The number of nitrogens with one attached hydrogen (secondary N) is 4. The van der Waals surface area contributed by atoms with E-state index >= 15 is 0 Å². The highest BCUT2D eigenvalue weighted by atomic mass is 16.5. The molecule has 0 aromatic heterocycles. The molecule has 0 aliphatic heterocycles. The summed E-state index contributed by atoms with van der Waals surface area (Å²) in [5.74, 6) is -1.24. The lowest BCUT2D eigenvalue weighted by Gasteiger charge is -2.23. The molecule has 2 aromatic carbocycles. The van der Waals surface area contributed by atoms with Gasteiger partial charge < -0.3 is 26.0 Å². The van der Waals surface area contributed by atoms with Gasteiger partial charge in [0.1, 0.15) is 11.8 Å². The van der Waals surface area contributed by atoms with Gasteiger partial charge in [-0.2, -0.15) is 0 Å². The molecule has 0 heterocycles. The molecule has 36 heavy (non-hydrogen) atoms. The van der Waals surface area contributed by atoms with Gasteiger partial charge in [0, 0.05) is 13.1 Å². The highest BCUT2D eigenvalue weighted by Crippen LogP contribution is 2.11. The third kappa shape index (κ3) is 9.40. The standard InChI is InChI=1S/C27H36N4O5/c1-5-22(24(32)26(34)28-16-20-11-13-21(36-4)14-12-20)30-25(33)23(15-18(2)3)31-27(35)29-17-19-9-7-6-8-10-19/h6-14,18,22-23H,5,15-17H2,1-4H3,(H,28,34)(H,30,33)(H2,29,31,35). The number of hydrogen-bond acceptors (Lipinski definition) is 5. The fraction of sp³-hybridized carbons (Fsp3) is 0.407. The second-order valence-corrected chi connectivity index (χ2v) is 8.86. The van der Waals surface area contributed by atoms with E-state index in [1.807, 2.05) is 44.2 Å². The topological polar surface area (TPSA) is 126 Å². The maximum atomic E-state index is 13.0. The molecule has 0 aliphatic rings. The molecular formula is C27H36N4O5. The molecule has 2 rings (SSSR count). The molecule has 2 aromatic rings. The van der Waals surface area contributed by atoms with Crippen molar-refractivity contribution < 1.29 is 23.9 Å². The number of carbonyl (C=O) groups is 4. The van der Waals surface area contributed by atoms with Crippen molar-refractivity contribution in [2.75, 3.05) is 7.11 Å². The zero-order valence-corrected chi connectivity index (χ0v) is 21.3. The van der Waals surface area contributed by atoms with E-state index in [4.69, 9.17) is 4.74 Å². The number of urea groups is 1. The lowest BCUT2D eigenvalue weighted by molar-refractivity contribution is -0.140. The Kier molecular flexibility index (Phi) is 11.4. The van der Waals surface area contributed by atoms with Gasteiger partial charge in [-0.1, -0.05) is 63.2 Å². The van der Waals surface area contributed by atoms with Gasteiger partial charge in [-0.25, -0.2) is 4.79 Å². The first-order valence-electron chi connectivity index (χ1n) is 12.1. The Hall–Kier alpha value is -3.88. The highest BCUT2D eigenvalue weighted by Gasteiger charge is 2.29. The van der Waals surface area contributed by atoms with Crippen LogP contribution < -0.4 is 26.0 Å². The molecule has 4 amide bonds. The van der Waals surface area contributed by atoms with Crippen LogP contribution in [0.5, 0.6) is 5.75 Å². The molecule has 0 fully saturated rings. The Balaban J connectivity index is 1.93. The zero-order valence-electron chi connectivity index (χ0n) is 21.3. The number of methoxy groups -OCH3 is 1. The predicted octanol–water partition coefficient (Wildman–Crippen LogP) is 2.69. The smallest absolute Gasteiger partial charge is 0.315 e. The molecule has 9 heteroatoms. The largest absolute Gasteiger partial charge is 0.497 e. The van der Waals surface area contributed by atoms with Gasteiger partial charge in [0.15, 0.2) is 0 Å². The summed E-state index contributed by atoms with van der Waals surface area (Å²) in [5, 5.41) is 10.7. The normalized spacial score (nSPS) is 12.2. The van der Waals surface area contributed by atoms with Gasteiger partial charge in [-0.3, -0.25) is 14.4 Å². The molecule has 0 saturated heterocycles. The summed E-state index contributed by atoms with van der Waals surface area (Å²) in [6.07, 6.45) is 0.605. The Labute approximate surface area is 212 Å². The van der Waals surface area contributed by atoms with Gasteiger partial charge in [0.2, 0.25) is 11.7 Å². The van der Waals surface area contributed by atoms with E-state index in [-0.39, 0.29) is 18.9 Å². The van der Waals surface area contributed by atoms with E-state index in [0.717, 1.165) is 11.1 Å². The first-order valence-corrected chi connectivity index (χ1v) is 12.1. The van der Waals surface area contributed by atoms with Gasteiger partial charge in [-0.15, -0.1) is 0 Å². The molecule has 0 bridgehead atoms. The SMILES string of the molecule is CCC(NC(=O)C(CC(C)C)NC(=O)NCc1ccccc1)C(=O)C(=O)NCc1ccc(OC)cc1. The van der Waals surface area contributed by atoms with Gasteiger partial charge in [0.25, 0.3) is 5.91 Å². The van der Waals surface area contributed by atoms with Crippen LogP contribution in [0, 0.1) is 5.92 Å². The molecule has 0 saturated carbocycles. The van der Waals surface area contributed by atoms with Crippen LogP contribution in [0.1, 0.15) is 44.7 Å². The van der Waals surface area contributed by atoms with E-state index in [2.05, 4.69) is 21.3 Å². The molecule has 2 unspecified atom stereocenters. The third-order valence-corrected chi connectivity index (χ3v) is 5.50. The van der Waals surface area contributed by atoms with Crippen LogP contribution >= 0.6 is 0 Å². The Morgan fingerprint density at radius 3 is 2.00 bits per heavy atom. The van der Waals surface area contributed by atoms with Crippen LogP contribution in [-0.4, -0.2) is 42.8 Å². The van der Waals surface area contributed by atoms with Gasteiger partial charge in [0.05, 0.1) is 13.2 Å². The molecule has 194 valence electrons. The quantitative estimate of drug-likeness (QED) is 0.317. The third-order valence-electron chi connectivity index (χ3n) is 5.50. The summed E-state index contributed by atoms with van der Waals surface area (Å²) in [6, 6.07) is 14.1. The fourth-order valence-electron chi connectivity index (χ4n) is 3.49. The molecule has 4 N–H and O–H groups in total. The Morgan fingerprint density at radius 2 is 1.42 bits per heavy atom. The Bertz CT molecular complexity index is 1010. The minimum Gasteiger partial charge on any atom is -0.497 e. The van der Waals surface area contributed by atoms with Crippen LogP contribution in [-0.2, 0) is 27.5 Å². The summed E-state index contributed by atoms with van der Waals surface area (Å²) >= 11 is 0. The number of carbonyl (C=O) groups excluding carboxylic acids is 4. The van der Waals surface area contributed by atoms with E-state index in [1.54, 1.807) is 38.3 Å². The minimum atomic E-state index is -1.00. The molecule has 0 radical (unpaired) electrons. The summed E-state index contributed by atoms with van der Waals surface area (Å²) < 4.78 is 5.11. The van der Waals surface area contributed by atoms with Crippen LogP contribution in [0.4, 0.5) is 4.79 Å². The molecule has 0 aliphatic carbocycles. The van der Waals surface area contributed by atoms with Crippen molar-refractivity contribution in [2.45, 2.75) is 58.8 Å². The number of ether oxygens (including phenoxy) is 1. The molecule has 2 atom stereocenters. The minimum absolute atomic E-state index is 0.110. The monoisotopic (exact) mass is 496 g/mol. The van der Waals surface area contributed by atoms with Crippen LogP contribution in [0.2, 0.25) is 0 Å². The number of hydrogen-bond donors (Lipinski definition) is 4. The summed E-state index contributed by atoms with van der Waals surface area (Å²) in [5.41, 5.74) is 1.73. The molecule has 0 spiro atoms. The first kappa shape index (κ1) is 28.4. The van der Waals surface area contributed by atoms with Crippen molar-refractivity contribution in [1.29, 1.82) is 0 Å². The average molecular weight is 497 g/mol. The molecule has 9 nitrogen and oxygen atoms in total. The van der Waals surface area contributed by atoms with Crippen molar-refractivity contribution >= 4 is 23.6 Å². The lowest BCUT2D eigenvalue weighted by atomic mass is 10.0. The summed E-state index contributed by atoms with van der Waals surface area (Å²) in [4.78, 5) is 50.6. The van der Waals surface area contributed by atoms with E-state index in [0.29, 0.717) is 18.7 Å². The van der Waals surface area contributed by atoms with E-state index in [9.17, 15) is 19.2 Å². The number of amides is 4. The second kappa shape index (κ2) is 14.5. The highest BCUT2D eigenvalue weighted by molar-refractivity contribution is 6.38. The van der Waals surface area contributed by atoms with E-state index in [1.165, 1.54) is 0 Å². The van der Waals surface area contributed by atoms with Crippen LogP contribution in [0.25, 0.3) is 0 Å². The number of Topliss-reactive ketones (excluding diaryl/α,β-unsaturated/α-hetero) is 1. The zero-order chi connectivity index (χ0) is 26.5. The van der Waals surface area contributed by atoms with Gasteiger partial charge in [-0.05, 0) is 42.0 Å². The van der Waals surface area contributed by atoms with Gasteiger partial charge >= 0.3 is 6.03 Å². The van der Waals surface area contributed by atoms with E-state index < -0.39 is 35.7 Å². The van der Waals surface area contributed by atoms with Crippen LogP contribution in [0.15, 0.2) is 54.6 Å². The second-order valence-electron chi connectivity index (χ2n) is 8.86. The first-order chi connectivity index (χ1) is 17.2.